The van der Waals surface area contributed by atoms with Crippen LogP contribution in [0.2, 0.25) is 0 Å². The van der Waals surface area contributed by atoms with Crippen LogP contribution < -0.4 is 10.1 Å². The standard InChI is InChI=1S/C14H10BrF3N4O/c1-23-10-3-2-9(11(15)21-10)13-19-5-7-4-8(14(16,17)18)6-20-12(7)22-13/h2-6,13H,1H3,(H,20,22). The number of methoxy groups -OCH3 is 1. The highest BCUT2D eigenvalue weighted by atomic mass is 79.9. The van der Waals surface area contributed by atoms with Crippen LogP contribution in [0.3, 0.4) is 0 Å². The summed E-state index contributed by atoms with van der Waals surface area (Å²) in [6, 6.07) is 4.45. The molecule has 1 atom stereocenters. The number of fused-ring (bicyclic) bond motifs is 1. The van der Waals surface area contributed by atoms with Crippen molar-refractivity contribution >= 4 is 28.0 Å². The van der Waals surface area contributed by atoms with Crippen molar-refractivity contribution in [3.05, 3.63) is 45.7 Å². The maximum atomic E-state index is 12.7. The maximum Gasteiger partial charge on any atom is 0.417 e. The van der Waals surface area contributed by atoms with Crippen LogP contribution in [-0.4, -0.2) is 23.3 Å². The Balaban J connectivity index is 1.90. The molecule has 3 heterocycles. The van der Waals surface area contributed by atoms with E-state index in [1.807, 2.05) is 0 Å². The average Bonchev–Trinajstić information content (AvgIpc) is 2.53. The largest absolute Gasteiger partial charge is 0.481 e. The van der Waals surface area contributed by atoms with Gasteiger partial charge in [-0.15, -0.1) is 0 Å². The quantitative estimate of drug-likeness (QED) is 0.797. The Morgan fingerprint density at radius 3 is 2.74 bits per heavy atom. The number of anilines is 1. The van der Waals surface area contributed by atoms with Gasteiger partial charge in [-0.05, 0) is 28.1 Å². The first-order chi connectivity index (χ1) is 10.9. The Labute approximate surface area is 137 Å². The van der Waals surface area contributed by atoms with Crippen molar-refractivity contribution in [1.82, 2.24) is 9.97 Å². The molecule has 0 fully saturated rings. The van der Waals surface area contributed by atoms with Gasteiger partial charge in [0.2, 0.25) is 5.88 Å². The van der Waals surface area contributed by atoms with Crippen LogP contribution in [0.5, 0.6) is 5.88 Å². The lowest BCUT2D eigenvalue weighted by Gasteiger charge is -2.22. The maximum absolute atomic E-state index is 12.7. The van der Waals surface area contributed by atoms with Gasteiger partial charge in [0.25, 0.3) is 0 Å². The average molecular weight is 387 g/mol. The SMILES string of the molecule is COc1ccc(C2N=Cc3cc(C(F)(F)F)cnc3N2)c(Br)n1. The molecule has 2 aromatic heterocycles. The fraction of sp³-hybridized carbons (Fsp3) is 0.214. The summed E-state index contributed by atoms with van der Waals surface area (Å²) in [6.07, 6.45) is -2.77. The van der Waals surface area contributed by atoms with E-state index in [1.165, 1.54) is 13.3 Å². The van der Waals surface area contributed by atoms with Crippen LogP contribution in [0, 0.1) is 0 Å². The minimum Gasteiger partial charge on any atom is -0.481 e. The minimum absolute atomic E-state index is 0.286. The van der Waals surface area contributed by atoms with Gasteiger partial charge in [0.1, 0.15) is 16.6 Å². The van der Waals surface area contributed by atoms with Crippen molar-refractivity contribution in [1.29, 1.82) is 0 Å². The second-order valence-electron chi connectivity index (χ2n) is 4.72. The van der Waals surface area contributed by atoms with E-state index in [-0.39, 0.29) is 5.56 Å². The minimum atomic E-state index is -4.43. The molecule has 2 aromatic rings. The lowest BCUT2D eigenvalue weighted by molar-refractivity contribution is -0.137. The van der Waals surface area contributed by atoms with Gasteiger partial charge >= 0.3 is 6.18 Å². The molecule has 1 unspecified atom stereocenters. The lowest BCUT2D eigenvalue weighted by Crippen LogP contribution is -2.18. The van der Waals surface area contributed by atoms with E-state index in [1.54, 1.807) is 12.1 Å². The summed E-state index contributed by atoms with van der Waals surface area (Å²) in [5.41, 5.74) is 0.193. The molecule has 1 aliphatic rings. The molecule has 1 N–H and O–H groups in total. The van der Waals surface area contributed by atoms with Gasteiger partial charge in [-0.1, -0.05) is 0 Å². The van der Waals surface area contributed by atoms with Crippen molar-refractivity contribution in [2.75, 3.05) is 12.4 Å². The first kappa shape index (κ1) is 15.7. The molecule has 23 heavy (non-hydrogen) atoms. The van der Waals surface area contributed by atoms with E-state index < -0.39 is 17.9 Å². The third kappa shape index (κ3) is 3.14. The Morgan fingerprint density at radius 2 is 2.09 bits per heavy atom. The van der Waals surface area contributed by atoms with Gasteiger partial charge in [0, 0.05) is 29.6 Å². The molecule has 0 saturated heterocycles. The molecule has 0 radical (unpaired) electrons. The molecule has 120 valence electrons. The van der Waals surface area contributed by atoms with Crippen LogP contribution in [0.1, 0.15) is 22.9 Å². The fourth-order valence-corrected chi connectivity index (χ4v) is 2.61. The lowest BCUT2D eigenvalue weighted by atomic mass is 10.1. The number of hydrogen-bond acceptors (Lipinski definition) is 5. The van der Waals surface area contributed by atoms with Gasteiger partial charge in [-0.2, -0.15) is 13.2 Å². The van der Waals surface area contributed by atoms with Crippen molar-refractivity contribution in [2.24, 2.45) is 4.99 Å². The van der Waals surface area contributed by atoms with Crippen LogP contribution in [-0.2, 0) is 6.18 Å². The summed E-state index contributed by atoms with van der Waals surface area (Å²) in [5.74, 6) is 0.773. The third-order valence-corrected chi connectivity index (χ3v) is 3.87. The van der Waals surface area contributed by atoms with Gasteiger partial charge in [0.05, 0.1) is 12.7 Å². The van der Waals surface area contributed by atoms with E-state index >= 15 is 0 Å². The van der Waals surface area contributed by atoms with E-state index in [9.17, 15) is 13.2 Å². The number of alkyl halides is 3. The molecule has 0 spiro atoms. The third-order valence-electron chi connectivity index (χ3n) is 3.24. The Morgan fingerprint density at radius 1 is 1.30 bits per heavy atom. The van der Waals surface area contributed by atoms with Crippen molar-refractivity contribution in [3.8, 4) is 5.88 Å². The van der Waals surface area contributed by atoms with Crippen LogP contribution in [0.25, 0.3) is 0 Å². The first-order valence-electron chi connectivity index (χ1n) is 6.46. The number of aliphatic imine (C=N–C) groups is 1. The fourth-order valence-electron chi connectivity index (χ4n) is 2.08. The Bertz CT molecular complexity index is 779. The van der Waals surface area contributed by atoms with Gasteiger partial charge in [-0.3, -0.25) is 4.99 Å². The number of halogens is 4. The van der Waals surface area contributed by atoms with Crippen molar-refractivity contribution in [2.45, 2.75) is 12.3 Å². The summed E-state index contributed by atoms with van der Waals surface area (Å²) < 4.78 is 43.6. The normalized spacial score (nSPS) is 16.7. The summed E-state index contributed by atoms with van der Waals surface area (Å²) in [7, 11) is 1.50. The second kappa shape index (κ2) is 5.80. The monoisotopic (exact) mass is 386 g/mol. The number of nitrogens with zero attached hydrogens (tertiary/aromatic N) is 3. The zero-order chi connectivity index (χ0) is 16.6. The molecule has 0 bridgehead atoms. The van der Waals surface area contributed by atoms with E-state index in [2.05, 4.69) is 36.2 Å². The predicted molar refractivity (Wildman–Crippen MR) is 81.7 cm³/mol. The summed E-state index contributed by atoms with van der Waals surface area (Å²) >= 11 is 3.33. The molecule has 9 heteroatoms. The van der Waals surface area contributed by atoms with E-state index in [0.717, 1.165) is 17.8 Å². The van der Waals surface area contributed by atoms with Crippen molar-refractivity contribution in [3.63, 3.8) is 0 Å². The zero-order valence-electron chi connectivity index (χ0n) is 11.7. The summed E-state index contributed by atoms with van der Waals surface area (Å²) in [5, 5.41) is 2.98. The van der Waals surface area contributed by atoms with Crippen LogP contribution >= 0.6 is 15.9 Å². The predicted octanol–water partition coefficient (Wildman–Crippen LogP) is 3.81. The summed E-state index contributed by atoms with van der Waals surface area (Å²) in [4.78, 5) is 12.2. The van der Waals surface area contributed by atoms with Gasteiger partial charge in [-0.25, -0.2) is 9.97 Å². The number of ether oxygens (including phenoxy) is 1. The van der Waals surface area contributed by atoms with Crippen LogP contribution in [0.4, 0.5) is 19.0 Å². The topological polar surface area (TPSA) is 59.4 Å². The molecular weight excluding hydrogens is 377 g/mol. The first-order valence-corrected chi connectivity index (χ1v) is 7.25. The number of rotatable bonds is 2. The number of nitrogens with one attached hydrogen (secondary N) is 1. The molecule has 5 nitrogen and oxygen atoms in total. The van der Waals surface area contributed by atoms with Gasteiger partial charge < -0.3 is 10.1 Å². The van der Waals surface area contributed by atoms with Crippen molar-refractivity contribution < 1.29 is 17.9 Å². The molecule has 0 aliphatic carbocycles. The van der Waals surface area contributed by atoms with E-state index in [4.69, 9.17) is 4.74 Å². The van der Waals surface area contributed by atoms with Crippen LogP contribution in [0.15, 0.2) is 34.0 Å². The number of hydrogen-bond donors (Lipinski definition) is 1. The van der Waals surface area contributed by atoms with Gasteiger partial charge in [0.15, 0.2) is 0 Å². The molecule has 3 rings (SSSR count). The number of aromatic nitrogens is 2. The smallest absolute Gasteiger partial charge is 0.417 e. The highest BCUT2D eigenvalue weighted by Gasteiger charge is 2.32. The zero-order valence-corrected chi connectivity index (χ0v) is 13.3. The highest BCUT2D eigenvalue weighted by molar-refractivity contribution is 9.10. The molecule has 1 aliphatic heterocycles. The number of pyridine rings is 2. The Hall–Kier alpha value is -2.16. The molecule has 0 aromatic carbocycles. The van der Waals surface area contributed by atoms with E-state index in [0.29, 0.717) is 16.3 Å². The highest BCUT2D eigenvalue weighted by Crippen LogP contribution is 2.34. The summed E-state index contributed by atoms with van der Waals surface area (Å²) in [6.45, 7) is 0. The molecule has 0 saturated carbocycles. The molecule has 0 amide bonds. The Kier molecular flexibility index (Phi) is 3.97. The molecular formula is C14H10BrF3N4O. The second-order valence-corrected chi connectivity index (χ2v) is 5.47.